The van der Waals surface area contributed by atoms with Crippen molar-refractivity contribution in [3.8, 4) is 5.75 Å². The minimum absolute atomic E-state index is 0.160. The molecule has 0 saturated heterocycles. The molecule has 0 aliphatic rings. The van der Waals surface area contributed by atoms with E-state index in [-0.39, 0.29) is 11.8 Å². The molecule has 0 saturated carbocycles. The molecule has 3 N–H and O–H groups in total. The van der Waals surface area contributed by atoms with Crippen LogP contribution in [-0.4, -0.2) is 18.8 Å². The predicted molar refractivity (Wildman–Crippen MR) is 68.0 cm³/mol. The number of benzene rings is 1. The molecular formula is C10H13Br2NO3. The summed E-state index contributed by atoms with van der Waals surface area (Å²) >= 11 is 6.60. The summed E-state index contributed by atoms with van der Waals surface area (Å²) in [5.74, 6) is 0.160. The molecule has 0 spiro atoms. The number of halogens is 2. The normalized spacial score (nSPS) is 12.8. The van der Waals surface area contributed by atoms with Crippen LogP contribution < -0.4 is 5.73 Å². The Morgan fingerprint density at radius 1 is 1.44 bits per heavy atom. The van der Waals surface area contributed by atoms with E-state index in [0.717, 1.165) is 4.47 Å². The lowest BCUT2D eigenvalue weighted by Gasteiger charge is -2.14. The Labute approximate surface area is 111 Å². The number of phenols is 1. The van der Waals surface area contributed by atoms with Crippen molar-refractivity contribution in [1.82, 2.24) is 0 Å². The number of rotatable bonds is 5. The first-order chi connectivity index (χ1) is 7.56. The summed E-state index contributed by atoms with van der Waals surface area (Å²) in [6, 6.07) is 3.25. The van der Waals surface area contributed by atoms with E-state index in [0.29, 0.717) is 23.1 Å². The molecular weight excluding hydrogens is 342 g/mol. The molecule has 0 unspecified atom stereocenters. The highest BCUT2D eigenvalue weighted by Crippen LogP contribution is 2.35. The van der Waals surface area contributed by atoms with Gasteiger partial charge in [0.05, 0.1) is 18.2 Å². The molecule has 16 heavy (non-hydrogen) atoms. The molecule has 0 aromatic heterocycles. The quantitative estimate of drug-likeness (QED) is 0.484. The molecule has 0 aliphatic heterocycles. The standard InChI is InChI=1S/C10H13Br2NO3/c1-15-16-3-2-9(13)7-4-6(11)5-8(12)10(7)14/h4-5,9,14H,2-3,13H2,1H3/t9-/m0/s1. The van der Waals surface area contributed by atoms with Gasteiger partial charge in [-0.3, -0.25) is 0 Å². The van der Waals surface area contributed by atoms with E-state index in [9.17, 15) is 5.11 Å². The summed E-state index contributed by atoms with van der Waals surface area (Å²) in [6.07, 6.45) is 0.560. The van der Waals surface area contributed by atoms with Crippen LogP contribution in [0.5, 0.6) is 5.75 Å². The van der Waals surface area contributed by atoms with Crippen LogP contribution in [0, 0.1) is 0 Å². The first-order valence-corrected chi connectivity index (χ1v) is 6.24. The van der Waals surface area contributed by atoms with E-state index in [4.69, 9.17) is 10.6 Å². The summed E-state index contributed by atoms with van der Waals surface area (Å²) in [5.41, 5.74) is 6.60. The number of hydrogen-bond acceptors (Lipinski definition) is 4. The van der Waals surface area contributed by atoms with Crippen molar-refractivity contribution in [1.29, 1.82) is 0 Å². The Kier molecular flexibility index (Phi) is 5.71. The topological polar surface area (TPSA) is 64.7 Å². The van der Waals surface area contributed by atoms with Gasteiger partial charge in [-0.15, -0.1) is 0 Å². The monoisotopic (exact) mass is 353 g/mol. The molecule has 0 amide bonds. The van der Waals surface area contributed by atoms with Crippen LogP contribution >= 0.6 is 31.9 Å². The zero-order valence-corrected chi connectivity index (χ0v) is 11.9. The molecule has 1 rings (SSSR count). The van der Waals surface area contributed by atoms with Gasteiger partial charge in [-0.25, -0.2) is 9.78 Å². The summed E-state index contributed by atoms with van der Waals surface area (Å²) in [4.78, 5) is 9.21. The van der Waals surface area contributed by atoms with Gasteiger partial charge < -0.3 is 10.8 Å². The zero-order valence-electron chi connectivity index (χ0n) is 8.74. The molecule has 6 heteroatoms. The molecule has 0 fully saturated rings. The Balaban J connectivity index is 2.78. The highest BCUT2D eigenvalue weighted by molar-refractivity contribution is 9.11. The third-order valence-corrected chi connectivity index (χ3v) is 3.15. The van der Waals surface area contributed by atoms with Crippen LogP contribution in [0.4, 0.5) is 0 Å². The molecule has 0 aliphatic carbocycles. The third kappa shape index (κ3) is 3.71. The molecule has 1 atom stereocenters. The van der Waals surface area contributed by atoms with Gasteiger partial charge in [-0.1, -0.05) is 15.9 Å². The van der Waals surface area contributed by atoms with Crippen LogP contribution in [0.1, 0.15) is 18.0 Å². The minimum atomic E-state index is -0.302. The maximum atomic E-state index is 9.83. The van der Waals surface area contributed by atoms with Gasteiger partial charge in [0.2, 0.25) is 0 Å². The molecule has 90 valence electrons. The summed E-state index contributed by atoms with van der Waals surface area (Å²) in [5, 5.41) is 9.83. The van der Waals surface area contributed by atoms with E-state index >= 15 is 0 Å². The van der Waals surface area contributed by atoms with E-state index in [1.165, 1.54) is 7.11 Å². The van der Waals surface area contributed by atoms with Crippen molar-refractivity contribution in [2.45, 2.75) is 12.5 Å². The maximum absolute atomic E-state index is 9.83. The number of nitrogens with two attached hydrogens (primary N) is 1. The Morgan fingerprint density at radius 2 is 2.12 bits per heavy atom. The average molecular weight is 355 g/mol. The summed E-state index contributed by atoms with van der Waals surface area (Å²) < 4.78 is 1.47. The Bertz CT molecular complexity index is 360. The lowest BCUT2D eigenvalue weighted by atomic mass is 10.0. The van der Waals surface area contributed by atoms with Crippen LogP contribution in [-0.2, 0) is 9.78 Å². The number of phenolic OH excluding ortho intramolecular Hbond substituents is 1. The molecule has 1 aromatic carbocycles. The van der Waals surface area contributed by atoms with Crippen LogP contribution in [0.3, 0.4) is 0 Å². The summed E-state index contributed by atoms with van der Waals surface area (Å²) in [7, 11) is 1.44. The lowest BCUT2D eigenvalue weighted by molar-refractivity contribution is -0.273. The van der Waals surface area contributed by atoms with E-state index in [1.54, 1.807) is 12.1 Å². The second-order valence-electron chi connectivity index (χ2n) is 3.21. The largest absolute Gasteiger partial charge is 0.506 e. The van der Waals surface area contributed by atoms with Crippen molar-refractivity contribution < 1.29 is 14.9 Å². The van der Waals surface area contributed by atoms with Gasteiger partial charge in [0.15, 0.2) is 0 Å². The molecule has 4 nitrogen and oxygen atoms in total. The van der Waals surface area contributed by atoms with Gasteiger partial charge in [-0.2, -0.15) is 0 Å². The van der Waals surface area contributed by atoms with E-state index in [2.05, 4.69) is 36.7 Å². The Morgan fingerprint density at radius 3 is 2.75 bits per heavy atom. The van der Waals surface area contributed by atoms with E-state index < -0.39 is 0 Å². The van der Waals surface area contributed by atoms with Crippen LogP contribution in [0.25, 0.3) is 0 Å². The van der Waals surface area contributed by atoms with Gasteiger partial charge in [0, 0.05) is 16.1 Å². The van der Waals surface area contributed by atoms with Gasteiger partial charge in [0.1, 0.15) is 5.75 Å². The fourth-order valence-corrected chi connectivity index (χ4v) is 2.54. The van der Waals surface area contributed by atoms with Crippen molar-refractivity contribution in [2.75, 3.05) is 13.7 Å². The summed E-state index contributed by atoms with van der Waals surface area (Å²) in [6.45, 7) is 0.376. The average Bonchev–Trinajstić information content (AvgIpc) is 2.23. The van der Waals surface area contributed by atoms with Crippen molar-refractivity contribution >= 4 is 31.9 Å². The molecule has 1 aromatic rings. The van der Waals surface area contributed by atoms with Crippen molar-refractivity contribution in [2.24, 2.45) is 5.73 Å². The molecule has 0 heterocycles. The fraction of sp³-hybridized carbons (Fsp3) is 0.400. The third-order valence-electron chi connectivity index (χ3n) is 2.09. The first-order valence-electron chi connectivity index (χ1n) is 4.65. The zero-order chi connectivity index (χ0) is 12.1. The highest BCUT2D eigenvalue weighted by Gasteiger charge is 2.14. The van der Waals surface area contributed by atoms with Crippen LogP contribution in [0.15, 0.2) is 21.1 Å². The Hall–Kier alpha value is -0.140. The van der Waals surface area contributed by atoms with Gasteiger partial charge in [0.25, 0.3) is 0 Å². The van der Waals surface area contributed by atoms with E-state index in [1.807, 2.05) is 0 Å². The second kappa shape index (κ2) is 6.56. The van der Waals surface area contributed by atoms with Gasteiger partial charge >= 0.3 is 0 Å². The number of hydrogen-bond donors (Lipinski definition) is 2. The van der Waals surface area contributed by atoms with Crippen molar-refractivity contribution in [3.05, 3.63) is 26.6 Å². The minimum Gasteiger partial charge on any atom is -0.506 e. The maximum Gasteiger partial charge on any atom is 0.134 e. The molecule has 0 bridgehead atoms. The van der Waals surface area contributed by atoms with Crippen LogP contribution in [0.2, 0.25) is 0 Å². The SMILES string of the molecule is COOCC[C@H](N)c1cc(Br)cc(Br)c1O. The second-order valence-corrected chi connectivity index (χ2v) is 4.98. The lowest BCUT2D eigenvalue weighted by Crippen LogP contribution is -2.13. The predicted octanol–water partition coefficient (Wildman–Crippen LogP) is 2.89. The van der Waals surface area contributed by atoms with Crippen molar-refractivity contribution in [3.63, 3.8) is 0 Å². The first kappa shape index (κ1) is 13.9. The van der Waals surface area contributed by atoms with Gasteiger partial charge in [-0.05, 0) is 34.5 Å². The highest BCUT2D eigenvalue weighted by atomic mass is 79.9. The molecule has 0 radical (unpaired) electrons. The number of aromatic hydroxyl groups is 1. The fourth-order valence-electron chi connectivity index (χ4n) is 1.28. The smallest absolute Gasteiger partial charge is 0.134 e.